The number of alkyl halides is 2. The number of carbonyl (C=O) groups is 2. The van der Waals surface area contributed by atoms with Gasteiger partial charge in [0.2, 0.25) is 0 Å². The molecule has 1 heterocycles. The molecule has 1 saturated heterocycles. The third-order valence-electron chi connectivity index (χ3n) is 3.54. The molecule has 5 nitrogen and oxygen atoms in total. The van der Waals surface area contributed by atoms with Crippen LogP contribution in [-0.2, 0) is 9.53 Å². The lowest BCUT2D eigenvalue weighted by Gasteiger charge is -2.33. The van der Waals surface area contributed by atoms with Crippen LogP contribution in [0.5, 0.6) is 5.75 Å². The van der Waals surface area contributed by atoms with Gasteiger partial charge in [0.25, 0.3) is 5.91 Å². The summed E-state index contributed by atoms with van der Waals surface area (Å²) in [6.45, 7) is -2.53. The average Bonchev–Trinajstić information content (AvgIpc) is 2.53. The second-order valence-corrected chi connectivity index (χ2v) is 4.94. The van der Waals surface area contributed by atoms with Gasteiger partial charge in [0.1, 0.15) is 11.8 Å². The van der Waals surface area contributed by atoms with Crippen LogP contribution in [0.4, 0.5) is 8.78 Å². The lowest BCUT2D eigenvalue weighted by molar-refractivity contribution is -0.147. The van der Waals surface area contributed by atoms with Gasteiger partial charge in [-0.05, 0) is 37.5 Å². The second-order valence-electron chi connectivity index (χ2n) is 4.94. The van der Waals surface area contributed by atoms with Crippen molar-refractivity contribution >= 4 is 11.9 Å². The van der Waals surface area contributed by atoms with E-state index in [2.05, 4.69) is 4.74 Å². The summed E-state index contributed by atoms with van der Waals surface area (Å²) in [5.41, 5.74) is 0.203. The van der Waals surface area contributed by atoms with E-state index in [1.54, 1.807) is 0 Å². The molecule has 0 N–H and O–H groups in total. The third kappa shape index (κ3) is 3.72. The van der Waals surface area contributed by atoms with Gasteiger partial charge < -0.3 is 14.4 Å². The van der Waals surface area contributed by atoms with E-state index in [9.17, 15) is 18.4 Å². The number of esters is 1. The zero-order chi connectivity index (χ0) is 16.1. The minimum atomic E-state index is -2.96. The number of methoxy groups -OCH3 is 1. The molecule has 0 aliphatic carbocycles. The first-order valence-corrected chi connectivity index (χ1v) is 6.96. The highest BCUT2D eigenvalue weighted by molar-refractivity contribution is 5.97. The summed E-state index contributed by atoms with van der Waals surface area (Å²) in [5, 5.41) is 0. The molecule has 1 atom stereocenters. The maximum absolute atomic E-state index is 12.5. The number of piperidine rings is 1. The molecule has 0 saturated carbocycles. The quantitative estimate of drug-likeness (QED) is 0.801. The fraction of sp³-hybridized carbons (Fsp3) is 0.467. The first kappa shape index (κ1) is 16.2. The number of nitrogens with zero attached hydrogens (tertiary/aromatic N) is 1. The van der Waals surface area contributed by atoms with E-state index in [4.69, 9.17) is 4.74 Å². The van der Waals surface area contributed by atoms with E-state index in [1.807, 2.05) is 0 Å². The number of amides is 1. The summed E-state index contributed by atoms with van der Waals surface area (Å²) in [5.74, 6) is -0.949. The van der Waals surface area contributed by atoms with Gasteiger partial charge in [0.05, 0.1) is 7.11 Å². The number of hydrogen-bond acceptors (Lipinski definition) is 4. The lowest BCUT2D eigenvalue weighted by atomic mass is 10.0. The zero-order valence-electron chi connectivity index (χ0n) is 12.1. The molecular formula is C15H17F2NO4. The van der Waals surface area contributed by atoms with Crippen molar-refractivity contribution in [1.82, 2.24) is 4.90 Å². The molecule has 0 spiro atoms. The lowest BCUT2D eigenvalue weighted by Crippen LogP contribution is -2.48. The molecule has 1 aromatic carbocycles. The molecule has 0 radical (unpaired) electrons. The Bertz CT molecular complexity index is 550. The van der Waals surface area contributed by atoms with Crippen molar-refractivity contribution in [1.29, 1.82) is 0 Å². The van der Waals surface area contributed by atoms with Crippen molar-refractivity contribution in [3.63, 3.8) is 0 Å². The van der Waals surface area contributed by atoms with Gasteiger partial charge in [0.15, 0.2) is 0 Å². The van der Waals surface area contributed by atoms with Crippen LogP contribution in [0.15, 0.2) is 24.3 Å². The first-order valence-electron chi connectivity index (χ1n) is 6.96. The van der Waals surface area contributed by atoms with Crippen molar-refractivity contribution in [2.24, 2.45) is 0 Å². The van der Waals surface area contributed by atoms with Crippen LogP contribution >= 0.6 is 0 Å². The number of halogens is 2. The fourth-order valence-electron chi connectivity index (χ4n) is 2.53. The largest absolute Gasteiger partial charge is 0.467 e. The number of benzene rings is 1. The summed E-state index contributed by atoms with van der Waals surface area (Å²) in [6, 6.07) is 4.92. The molecule has 7 heteroatoms. The van der Waals surface area contributed by atoms with E-state index in [1.165, 1.54) is 36.3 Å². The number of ether oxygens (including phenoxy) is 2. The fourth-order valence-corrected chi connectivity index (χ4v) is 2.53. The SMILES string of the molecule is COC(=O)C1CCCCN1C(=O)c1cccc(OC(F)F)c1. The van der Waals surface area contributed by atoms with Gasteiger partial charge in [0, 0.05) is 12.1 Å². The molecule has 22 heavy (non-hydrogen) atoms. The maximum Gasteiger partial charge on any atom is 0.387 e. The zero-order valence-corrected chi connectivity index (χ0v) is 12.1. The predicted molar refractivity (Wildman–Crippen MR) is 73.8 cm³/mol. The molecular weight excluding hydrogens is 296 g/mol. The Morgan fingerprint density at radius 2 is 2.09 bits per heavy atom. The number of hydrogen-bond donors (Lipinski definition) is 0. The summed E-state index contributed by atoms with van der Waals surface area (Å²) >= 11 is 0. The maximum atomic E-state index is 12.5. The summed E-state index contributed by atoms with van der Waals surface area (Å²) < 4.78 is 33.5. The Labute approximate surface area is 126 Å². The smallest absolute Gasteiger partial charge is 0.387 e. The van der Waals surface area contributed by atoms with Crippen molar-refractivity contribution in [2.75, 3.05) is 13.7 Å². The summed E-state index contributed by atoms with van der Waals surface area (Å²) in [7, 11) is 1.27. The number of rotatable bonds is 4. The highest BCUT2D eigenvalue weighted by Crippen LogP contribution is 2.23. The topological polar surface area (TPSA) is 55.8 Å². The molecule has 1 aromatic rings. The van der Waals surface area contributed by atoms with Crippen LogP contribution in [-0.4, -0.2) is 43.1 Å². The Kier molecular flexibility index (Phi) is 5.30. The van der Waals surface area contributed by atoms with E-state index in [0.717, 1.165) is 12.8 Å². The minimum absolute atomic E-state index is 0.0903. The average molecular weight is 313 g/mol. The van der Waals surface area contributed by atoms with Crippen LogP contribution < -0.4 is 4.74 Å². The molecule has 1 aliphatic rings. The number of likely N-dealkylation sites (tertiary alicyclic amines) is 1. The standard InChI is InChI=1S/C15H17F2NO4/c1-21-14(20)12-7-2-3-8-18(12)13(19)10-5-4-6-11(9-10)22-15(16)17/h4-6,9,12,15H,2-3,7-8H2,1H3. The van der Waals surface area contributed by atoms with Crippen LogP contribution in [0.3, 0.4) is 0 Å². The monoisotopic (exact) mass is 313 g/mol. The highest BCUT2D eigenvalue weighted by Gasteiger charge is 2.33. The van der Waals surface area contributed by atoms with Gasteiger partial charge in [-0.25, -0.2) is 4.79 Å². The molecule has 1 fully saturated rings. The normalized spacial score (nSPS) is 18.2. The van der Waals surface area contributed by atoms with Crippen molar-refractivity contribution in [3.05, 3.63) is 29.8 Å². The molecule has 2 rings (SSSR count). The molecule has 120 valence electrons. The summed E-state index contributed by atoms with van der Waals surface area (Å²) in [6.07, 6.45) is 2.15. The molecule has 0 bridgehead atoms. The molecule has 1 aliphatic heterocycles. The van der Waals surface area contributed by atoms with Crippen LogP contribution in [0, 0.1) is 0 Å². The third-order valence-corrected chi connectivity index (χ3v) is 3.54. The van der Waals surface area contributed by atoms with Crippen LogP contribution in [0.25, 0.3) is 0 Å². The Hall–Kier alpha value is -2.18. The van der Waals surface area contributed by atoms with Gasteiger partial charge in [-0.2, -0.15) is 8.78 Å². The molecule has 1 amide bonds. The highest BCUT2D eigenvalue weighted by atomic mass is 19.3. The van der Waals surface area contributed by atoms with Crippen molar-refractivity contribution in [2.45, 2.75) is 31.9 Å². The molecule has 0 aromatic heterocycles. The van der Waals surface area contributed by atoms with Crippen molar-refractivity contribution < 1.29 is 27.8 Å². The first-order chi connectivity index (χ1) is 10.5. The van der Waals surface area contributed by atoms with Crippen molar-refractivity contribution in [3.8, 4) is 5.75 Å². The van der Waals surface area contributed by atoms with Crippen LogP contribution in [0.2, 0.25) is 0 Å². The predicted octanol–water partition coefficient (Wildman–Crippen LogP) is 2.46. The summed E-state index contributed by atoms with van der Waals surface area (Å²) in [4.78, 5) is 25.8. The molecule has 1 unspecified atom stereocenters. The van der Waals surface area contributed by atoms with Gasteiger partial charge >= 0.3 is 12.6 Å². The van der Waals surface area contributed by atoms with Gasteiger partial charge in [-0.1, -0.05) is 6.07 Å². The van der Waals surface area contributed by atoms with Gasteiger partial charge in [-0.15, -0.1) is 0 Å². The Morgan fingerprint density at radius 3 is 2.77 bits per heavy atom. The van der Waals surface area contributed by atoms with E-state index in [0.29, 0.717) is 13.0 Å². The van der Waals surface area contributed by atoms with Crippen LogP contribution in [0.1, 0.15) is 29.6 Å². The second kappa shape index (κ2) is 7.20. The Balaban J connectivity index is 2.20. The van der Waals surface area contributed by atoms with E-state index < -0.39 is 24.5 Å². The van der Waals surface area contributed by atoms with Gasteiger partial charge in [-0.3, -0.25) is 4.79 Å². The Morgan fingerprint density at radius 1 is 1.32 bits per heavy atom. The minimum Gasteiger partial charge on any atom is -0.467 e. The number of carbonyl (C=O) groups excluding carboxylic acids is 2. The van der Waals surface area contributed by atoms with E-state index >= 15 is 0 Å². The van der Waals surface area contributed by atoms with E-state index in [-0.39, 0.29) is 11.3 Å².